The van der Waals surface area contributed by atoms with E-state index in [-0.39, 0.29) is 23.8 Å². The van der Waals surface area contributed by atoms with Crippen molar-refractivity contribution < 1.29 is 19.4 Å². The molecule has 1 aromatic heterocycles. The second kappa shape index (κ2) is 9.21. The number of nitrogens with zero attached hydrogens (tertiary/aromatic N) is 1. The average Bonchev–Trinajstić information content (AvgIpc) is 3.15. The molecule has 0 spiro atoms. The topological polar surface area (TPSA) is 108 Å². The Kier molecular flexibility index (Phi) is 6.35. The molecule has 1 fully saturated rings. The lowest BCUT2D eigenvalue weighted by atomic mass is 9.85. The van der Waals surface area contributed by atoms with Gasteiger partial charge in [-0.25, -0.2) is 4.79 Å². The number of aromatic nitrogens is 2. The molecule has 1 unspecified atom stereocenters. The van der Waals surface area contributed by atoms with Crippen LogP contribution in [0.3, 0.4) is 0 Å². The van der Waals surface area contributed by atoms with Gasteiger partial charge in [0.2, 0.25) is 5.91 Å². The molecule has 0 radical (unpaired) electrons. The maximum Gasteiger partial charge on any atom is 0.323 e. The van der Waals surface area contributed by atoms with Crippen molar-refractivity contribution in [2.24, 2.45) is 11.8 Å². The van der Waals surface area contributed by atoms with Crippen molar-refractivity contribution >= 4 is 16.9 Å². The molecule has 4 rings (SSSR count). The SMILES string of the molecule is COc1cc(O)c(C(CC(=O)N2C[C@H](C)C[C@H](C)C2)c2ccc3[nH]c(=O)[nH]c3c2)c(OC)c1. The largest absolute Gasteiger partial charge is 0.507 e. The van der Waals surface area contributed by atoms with Crippen LogP contribution in [-0.2, 0) is 4.79 Å². The van der Waals surface area contributed by atoms with Gasteiger partial charge >= 0.3 is 5.69 Å². The number of imidazole rings is 1. The zero-order valence-electron chi connectivity index (χ0n) is 19.5. The van der Waals surface area contributed by atoms with Crippen LogP contribution in [0.25, 0.3) is 11.0 Å². The van der Waals surface area contributed by atoms with Crippen molar-refractivity contribution in [3.8, 4) is 17.2 Å². The van der Waals surface area contributed by atoms with Crippen LogP contribution in [0.15, 0.2) is 35.1 Å². The smallest absolute Gasteiger partial charge is 0.323 e. The Morgan fingerprint density at radius 3 is 2.45 bits per heavy atom. The summed E-state index contributed by atoms with van der Waals surface area (Å²) in [7, 11) is 3.04. The van der Waals surface area contributed by atoms with Crippen LogP contribution in [0.1, 0.15) is 43.7 Å². The van der Waals surface area contributed by atoms with E-state index in [0.29, 0.717) is 39.9 Å². The lowest BCUT2D eigenvalue weighted by molar-refractivity contribution is -0.134. The first-order valence-corrected chi connectivity index (χ1v) is 11.2. The third-order valence-corrected chi connectivity index (χ3v) is 6.44. The van der Waals surface area contributed by atoms with Gasteiger partial charge in [-0.15, -0.1) is 0 Å². The number of carbonyl (C=O) groups is 1. The van der Waals surface area contributed by atoms with Gasteiger partial charge in [-0.3, -0.25) is 4.79 Å². The number of hydrogen-bond donors (Lipinski definition) is 3. The van der Waals surface area contributed by atoms with Gasteiger partial charge in [-0.1, -0.05) is 19.9 Å². The predicted molar refractivity (Wildman–Crippen MR) is 126 cm³/mol. The van der Waals surface area contributed by atoms with Gasteiger partial charge in [-0.2, -0.15) is 0 Å². The van der Waals surface area contributed by atoms with Crippen molar-refractivity contribution in [1.29, 1.82) is 0 Å². The maximum atomic E-state index is 13.5. The van der Waals surface area contributed by atoms with E-state index in [1.807, 2.05) is 17.0 Å². The number of nitrogens with one attached hydrogen (secondary N) is 2. The molecule has 0 aliphatic carbocycles. The van der Waals surface area contributed by atoms with E-state index in [1.165, 1.54) is 20.3 Å². The van der Waals surface area contributed by atoms with Crippen molar-refractivity contribution in [3.05, 3.63) is 51.9 Å². The third-order valence-electron chi connectivity index (χ3n) is 6.44. The summed E-state index contributed by atoms with van der Waals surface area (Å²) in [5.41, 5.74) is 2.33. The Labute approximate surface area is 192 Å². The van der Waals surface area contributed by atoms with Crippen molar-refractivity contribution in [2.75, 3.05) is 27.3 Å². The number of piperidine rings is 1. The average molecular weight is 454 g/mol. The van der Waals surface area contributed by atoms with Gasteiger partial charge in [0.05, 0.1) is 25.3 Å². The molecule has 176 valence electrons. The van der Waals surface area contributed by atoms with Gasteiger partial charge in [0.1, 0.15) is 17.2 Å². The van der Waals surface area contributed by atoms with Crippen LogP contribution in [0.4, 0.5) is 0 Å². The van der Waals surface area contributed by atoms with E-state index in [2.05, 4.69) is 23.8 Å². The number of benzene rings is 2. The summed E-state index contributed by atoms with van der Waals surface area (Å²) < 4.78 is 10.9. The van der Waals surface area contributed by atoms with Gasteiger partial charge < -0.3 is 29.4 Å². The van der Waals surface area contributed by atoms with Gasteiger partial charge in [0.25, 0.3) is 0 Å². The zero-order valence-corrected chi connectivity index (χ0v) is 19.5. The highest BCUT2D eigenvalue weighted by Crippen LogP contribution is 2.43. The Morgan fingerprint density at radius 1 is 1.09 bits per heavy atom. The first kappa shape index (κ1) is 22.8. The Hall–Kier alpha value is -3.42. The molecule has 3 atom stereocenters. The standard InChI is InChI=1S/C25H31N3O5/c1-14-7-15(2)13-28(12-14)23(30)11-18(16-5-6-19-20(8-16)27-25(31)26-19)24-21(29)9-17(32-3)10-22(24)33-4/h5-6,8-10,14-15,18,29H,7,11-13H2,1-4H3,(H2,26,27,31)/t14-,15+,18?. The molecule has 1 saturated heterocycles. The molecule has 1 amide bonds. The van der Waals surface area contributed by atoms with Gasteiger partial charge in [0.15, 0.2) is 0 Å². The number of fused-ring (bicyclic) bond motifs is 1. The van der Waals surface area contributed by atoms with E-state index in [4.69, 9.17) is 9.47 Å². The molecule has 33 heavy (non-hydrogen) atoms. The van der Waals surface area contributed by atoms with Crippen molar-refractivity contribution in [3.63, 3.8) is 0 Å². The number of likely N-dealkylation sites (tertiary alicyclic amines) is 1. The van der Waals surface area contributed by atoms with Crippen LogP contribution in [0.5, 0.6) is 17.2 Å². The summed E-state index contributed by atoms with van der Waals surface area (Å²) in [6.45, 7) is 5.79. The fraction of sp³-hybridized carbons (Fsp3) is 0.440. The number of rotatable bonds is 6. The summed E-state index contributed by atoms with van der Waals surface area (Å²) in [4.78, 5) is 32.7. The number of aromatic hydroxyl groups is 1. The third kappa shape index (κ3) is 4.69. The first-order valence-electron chi connectivity index (χ1n) is 11.2. The first-order chi connectivity index (χ1) is 15.8. The second-order valence-electron chi connectivity index (χ2n) is 9.15. The number of phenolic OH excluding ortho intramolecular Hbond substituents is 1. The minimum absolute atomic E-state index is 0.00737. The summed E-state index contributed by atoms with van der Waals surface area (Å²) in [5, 5.41) is 10.9. The summed E-state index contributed by atoms with van der Waals surface area (Å²) in [6.07, 6.45) is 1.27. The van der Waals surface area contributed by atoms with Crippen LogP contribution in [0, 0.1) is 11.8 Å². The number of H-pyrrole nitrogens is 2. The van der Waals surface area contributed by atoms with Crippen molar-refractivity contribution in [1.82, 2.24) is 14.9 Å². The fourth-order valence-corrected chi connectivity index (χ4v) is 5.05. The normalized spacial score (nSPS) is 19.5. The number of methoxy groups -OCH3 is 2. The van der Waals surface area contributed by atoms with E-state index in [9.17, 15) is 14.7 Å². The quantitative estimate of drug-likeness (QED) is 0.529. The highest BCUT2D eigenvalue weighted by atomic mass is 16.5. The van der Waals surface area contributed by atoms with E-state index in [0.717, 1.165) is 25.1 Å². The Bertz CT molecular complexity index is 1200. The zero-order chi connectivity index (χ0) is 23.7. The van der Waals surface area contributed by atoms with Gasteiger partial charge in [-0.05, 0) is 36.0 Å². The molecule has 1 aliphatic rings. The van der Waals surface area contributed by atoms with E-state index in [1.54, 1.807) is 12.1 Å². The molecule has 2 heterocycles. The molecule has 0 bridgehead atoms. The molecule has 2 aromatic carbocycles. The van der Waals surface area contributed by atoms with Crippen LogP contribution in [0.2, 0.25) is 0 Å². The van der Waals surface area contributed by atoms with E-state index >= 15 is 0 Å². The lowest BCUT2D eigenvalue weighted by Crippen LogP contribution is -2.43. The second-order valence-corrected chi connectivity index (χ2v) is 9.15. The summed E-state index contributed by atoms with van der Waals surface area (Å²) >= 11 is 0. The molecule has 3 aromatic rings. The molecule has 3 N–H and O–H groups in total. The van der Waals surface area contributed by atoms with Crippen LogP contribution in [-0.4, -0.2) is 53.2 Å². The van der Waals surface area contributed by atoms with E-state index < -0.39 is 5.92 Å². The number of amides is 1. The Balaban J connectivity index is 1.78. The maximum absolute atomic E-state index is 13.5. The number of aromatic amines is 2. The molecular formula is C25H31N3O5. The summed E-state index contributed by atoms with van der Waals surface area (Å²) in [5.74, 6) is 1.33. The fourth-order valence-electron chi connectivity index (χ4n) is 5.05. The minimum atomic E-state index is -0.478. The number of carbonyl (C=O) groups excluding carboxylic acids is 1. The number of hydrogen-bond acceptors (Lipinski definition) is 5. The van der Waals surface area contributed by atoms with Gasteiger partial charge in [0, 0.05) is 43.1 Å². The predicted octanol–water partition coefficient (Wildman–Crippen LogP) is 3.61. The molecule has 8 heteroatoms. The number of phenols is 1. The lowest BCUT2D eigenvalue weighted by Gasteiger charge is -2.36. The minimum Gasteiger partial charge on any atom is -0.507 e. The molecule has 0 saturated carbocycles. The van der Waals surface area contributed by atoms with Crippen LogP contribution >= 0.6 is 0 Å². The molecular weight excluding hydrogens is 422 g/mol. The Morgan fingerprint density at radius 2 is 1.79 bits per heavy atom. The summed E-state index contributed by atoms with van der Waals surface area (Å²) in [6, 6.07) is 8.74. The highest BCUT2D eigenvalue weighted by molar-refractivity contribution is 5.80. The van der Waals surface area contributed by atoms with Crippen molar-refractivity contribution in [2.45, 2.75) is 32.6 Å². The highest BCUT2D eigenvalue weighted by Gasteiger charge is 2.31. The number of ether oxygens (including phenoxy) is 2. The van der Waals surface area contributed by atoms with Crippen LogP contribution < -0.4 is 15.2 Å². The molecule has 1 aliphatic heterocycles. The molecule has 8 nitrogen and oxygen atoms in total. The monoisotopic (exact) mass is 453 g/mol.